The van der Waals surface area contributed by atoms with Crippen LogP contribution in [0.15, 0.2) is 85.1 Å². The summed E-state index contributed by atoms with van der Waals surface area (Å²) in [6, 6.07) is 16.1. The van der Waals surface area contributed by atoms with Crippen LogP contribution in [0.4, 0.5) is 11.4 Å². The Hall–Kier alpha value is -5.07. The van der Waals surface area contributed by atoms with Gasteiger partial charge in [0.1, 0.15) is 22.6 Å². The van der Waals surface area contributed by atoms with Gasteiger partial charge in [-0.3, -0.25) is 24.3 Å². The van der Waals surface area contributed by atoms with Crippen LogP contribution >= 0.6 is 23.2 Å². The van der Waals surface area contributed by atoms with Crippen LogP contribution < -0.4 is 26.6 Å². The number of nitrogen functional groups attached to an aromatic ring is 1. The largest absolute Gasteiger partial charge is 0.399 e. The number of fused-ring (bicyclic) bond motifs is 1. The fourth-order valence-corrected chi connectivity index (χ4v) is 7.62. The van der Waals surface area contributed by atoms with Crippen molar-refractivity contribution >= 4 is 52.3 Å². The number of imidazole rings is 1. The Kier molecular flexibility index (Phi) is 7.39. The van der Waals surface area contributed by atoms with Crippen molar-refractivity contribution < 1.29 is 14.4 Å². The second kappa shape index (κ2) is 11.5. The summed E-state index contributed by atoms with van der Waals surface area (Å²) in [7, 11) is 1.92. The zero-order valence-electron chi connectivity index (χ0n) is 27.4. The number of nitrogens with two attached hydrogens (primary N) is 1. The number of benzene rings is 2. The predicted octanol–water partition coefficient (Wildman–Crippen LogP) is 4.20. The van der Waals surface area contributed by atoms with Crippen molar-refractivity contribution in [2.24, 2.45) is 7.05 Å². The Bertz CT molecular complexity index is 2050. The molecular weight excluding hydrogens is 677 g/mol. The molecule has 8 rings (SSSR count). The molecule has 4 aromatic rings. The normalized spacial score (nSPS) is 22.4. The number of hydrogen-bond acceptors (Lipinski definition) is 8. The molecule has 3 amide bonds. The lowest BCUT2D eigenvalue weighted by Gasteiger charge is -2.35. The predicted molar refractivity (Wildman–Crippen MR) is 189 cm³/mol. The third kappa shape index (κ3) is 5.34. The lowest BCUT2D eigenvalue weighted by Crippen LogP contribution is -2.55. The molecule has 2 aliphatic heterocycles. The summed E-state index contributed by atoms with van der Waals surface area (Å²) >= 11 is 12.7. The molecular formula is C36H35Cl2N9O3. The van der Waals surface area contributed by atoms with Crippen LogP contribution in [0.1, 0.15) is 43.9 Å². The zero-order chi connectivity index (χ0) is 35.0. The van der Waals surface area contributed by atoms with E-state index in [4.69, 9.17) is 33.9 Å². The molecule has 0 bridgehead atoms. The van der Waals surface area contributed by atoms with Gasteiger partial charge in [0.15, 0.2) is 6.29 Å². The number of hydrogen-bond donors (Lipinski definition) is 4. The quantitative estimate of drug-likeness (QED) is 0.189. The van der Waals surface area contributed by atoms with Gasteiger partial charge in [-0.2, -0.15) is 0 Å². The third-order valence-electron chi connectivity index (χ3n) is 10.2. The fraction of sp³-hybridized carbons (Fsp3) is 0.306. The monoisotopic (exact) mass is 711 g/mol. The molecule has 2 saturated carbocycles. The van der Waals surface area contributed by atoms with Crippen molar-refractivity contribution in [3.8, 4) is 11.4 Å². The minimum Gasteiger partial charge on any atom is -0.399 e. The number of aryl methyl sites for hydroxylation is 1. The maximum atomic E-state index is 14.4. The topological polar surface area (TPSA) is 151 Å². The van der Waals surface area contributed by atoms with Crippen molar-refractivity contribution in [2.75, 3.05) is 10.6 Å². The summed E-state index contributed by atoms with van der Waals surface area (Å²) in [5.74, 6) is -0.157. The molecule has 2 aromatic carbocycles. The minimum absolute atomic E-state index is 0.240. The molecule has 256 valence electrons. The number of pyridine rings is 1. The number of anilines is 2. The van der Waals surface area contributed by atoms with E-state index >= 15 is 0 Å². The van der Waals surface area contributed by atoms with E-state index in [1.165, 1.54) is 0 Å². The molecule has 4 heterocycles. The van der Waals surface area contributed by atoms with Gasteiger partial charge in [-0.15, -0.1) is 0 Å². The summed E-state index contributed by atoms with van der Waals surface area (Å²) in [5.41, 5.74) is 6.92. The van der Waals surface area contributed by atoms with E-state index in [9.17, 15) is 14.4 Å². The number of rotatable bonds is 9. The first-order valence-electron chi connectivity index (χ1n) is 16.4. The van der Waals surface area contributed by atoms with Crippen molar-refractivity contribution in [3.05, 3.63) is 106 Å². The highest BCUT2D eigenvalue weighted by Gasteiger charge is 2.61. The highest BCUT2D eigenvalue weighted by Crippen LogP contribution is 2.48. The average molecular weight is 713 g/mol. The van der Waals surface area contributed by atoms with E-state index in [-0.39, 0.29) is 23.9 Å². The second-order valence-electron chi connectivity index (χ2n) is 13.8. The van der Waals surface area contributed by atoms with Crippen LogP contribution in [0, 0.1) is 0 Å². The van der Waals surface area contributed by atoms with Crippen LogP contribution in [-0.4, -0.2) is 54.5 Å². The molecule has 3 fully saturated rings. The van der Waals surface area contributed by atoms with Gasteiger partial charge in [-0.1, -0.05) is 35.3 Å². The van der Waals surface area contributed by atoms with Crippen LogP contribution in [0.3, 0.4) is 0 Å². The Balaban J connectivity index is 1.03. The van der Waals surface area contributed by atoms with Gasteiger partial charge in [0, 0.05) is 59.6 Å². The lowest BCUT2D eigenvalue weighted by molar-refractivity contribution is -0.130. The first kappa shape index (κ1) is 32.2. The fourth-order valence-electron chi connectivity index (χ4n) is 7.11. The van der Waals surface area contributed by atoms with E-state index in [0.29, 0.717) is 34.3 Å². The Morgan fingerprint density at radius 2 is 1.72 bits per heavy atom. The van der Waals surface area contributed by atoms with E-state index in [0.717, 1.165) is 35.5 Å². The van der Waals surface area contributed by atoms with Gasteiger partial charge in [0.25, 0.3) is 11.8 Å². The van der Waals surface area contributed by atoms with Crippen molar-refractivity contribution in [2.45, 2.75) is 61.9 Å². The molecule has 4 aliphatic rings. The Morgan fingerprint density at radius 1 is 1.00 bits per heavy atom. The molecule has 0 spiro atoms. The van der Waals surface area contributed by atoms with Crippen LogP contribution in [0.2, 0.25) is 10.0 Å². The number of nitrogens with zero attached hydrogens (tertiary/aromatic N) is 5. The highest BCUT2D eigenvalue weighted by molar-refractivity contribution is 6.35. The summed E-state index contributed by atoms with van der Waals surface area (Å²) in [6.45, 7) is 1.81. The number of carbonyl (C=O) groups excluding carboxylic acids is 3. The molecule has 14 heteroatoms. The smallest absolute Gasteiger partial charge is 0.270 e. The Labute approximate surface area is 298 Å². The van der Waals surface area contributed by atoms with Gasteiger partial charge in [0.05, 0.1) is 16.9 Å². The van der Waals surface area contributed by atoms with E-state index in [2.05, 4.69) is 20.9 Å². The molecule has 2 aromatic heterocycles. The SMILES string of the molecule is Cn1ccnc1-c1ccc(C2(NC(=O)C3(NC(=O)C4=CNC5N(c6cc(Cl)cc(Cl)c6)C(=O)[C@@](C)(Cc6ccc(N)cc6)N45)CC3)CC2)nc1. The van der Waals surface area contributed by atoms with E-state index in [1.807, 2.05) is 49.0 Å². The van der Waals surface area contributed by atoms with Gasteiger partial charge in [0.2, 0.25) is 5.91 Å². The maximum absolute atomic E-state index is 14.4. The number of amides is 3. The average Bonchev–Trinajstić information content (AvgIpc) is 3.93. The standard InChI is InChI=1S/C36H35Cl2N9O3/c1-34(18-21-3-6-25(39)7-4-21)32(50)46(26-16-23(37)15-24(38)17-26)33-42-20-27(47(33)34)30(48)43-36(11-12-36)31(49)44-35(9-10-35)28-8-5-22(19-41-28)29-40-13-14-45(29)2/h3-8,13-17,19-20,33,42H,9-12,18,39H2,1-2H3,(H,43,48)(H,44,49)/t33?,34-/m1/s1. The second-order valence-corrected chi connectivity index (χ2v) is 14.7. The number of nitrogens with one attached hydrogen (secondary N) is 3. The molecule has 12 nitrogen and oxygen atoms in total. The summed E-state index contributed by atoms with van der Waals surface area (Å²) in [6.07, 6.45) is 8.99. The van der Waals surface area contributed by atoms with Crippen LogP contribution in [0.5, 0.6) is 0 Å². The minimum atomic E-state index is -1.20. The number of halogens is 2. The summed E-state index contributed by atoms with van der Waals surface area (Å²) in [4.78, 5) is 54.9. The molecule has 1 saturated heterocycles. The molecule has 5 N–H and O–H groups in total. The van der Waals surface area contributed by atoms with Gasteiger partial charge >= 0.3 is 0 Å². The molecule has 50 heavy (non-hydrogen) atoms. The van der Waals surface area contributed by atoms with Gasteiger partial charge < -0.3 is 31.2 Å². The third-order valence-corrected chi connectivity index (χ3v) is 10.6. The van der Waals surface area contributed by atoms with Crippen molar-refractivity contribution in [3.63, 3.8) is 0 Å². The van der Waals surface area contributed by atoms with E-state index in [1.54, 1.807) is 58.7 Å². The first-order chi connectivity index (χ1) is 23.9. The first-order valence-corrected chi connectivity index (χ1v) is 17.2. The lowest BCUT2D eigenvalue weighted by atomic mass is 9.90. The number of aromatic nitrogens is 3. The van der Waals surface area contributed by atoms with Gasteiger partial charge in [-0.25, -0.2) is 4.98 Å². The van der Waals surface area contributed by atoms with Crippen molar-refractivity contribution in [1.29, 1.82) is 0 Å². The molecule has 2 atom stereocenters. The summed E-state index contributed by atoms with van der Waals surface area (Å²) in [5, 5.41) is 10.2. The molecule has 2 aliphatic carbocycles. The Morgan fingerprint density at radius 3 is 2.32 bits per heavy atom. The number of carbonyl (C=O) groups is 3. The van der Waals surface area contributed by atoms with Crippen LogP contribution in [0.25, 0.3) is 11.4 Å². The zero-order valence-corrected chi connectivity index (χ0v) is 28.9. The van der Waals surface area contributed by atoms with Gasteiger partial charge in [-0.05, 0) is 80.6 Å². The molecule has 1 unspecified atom stereocenters. The summed E-state index contributed by atoms with van der Waals surface area (Å²) < 4.78 is 1.92. The molecule has 0 radical (unpaired) electrons. The van der Waals surface area contributed by atoms with E-state index < -0.39 is 28.8 Å². The van der Waals surface area contributed by atoms with Crippen LogP contribution in [-0.2, 0) is 33.4 Å². The maximum Gasteiger partial charge on any atom is 0.270 e. The van der Waals surface area contributed by atoms with Crippen molar-refractivity contribution in [1.82, 2.24) is 35.4 Å². The highest BCUT2D eigenvalue weighted by atomic mass is 35.5.